The van der Waals surface area contributed by atoms with Crippen molar-refractivity contribution in [2.24, 2.45) is 11.8 Å². The Balaban J connectivity index is 1.60. The molecule has 0 radical (unpaired) electrons. The third kappa shape index (κ3) is 7.04. The van der Waals surface area contributed by atoms with E-state index in [2.05, 4.69) is 51.8 Å². The van der Waals surface area contributed by atoms with E-state index in [9.17, 15) is 18.0 Å². The van der Waals surface area contributed by atoms with E-state index in [1.165, 1.54) is 23.5 Å². The zero-order valence-corrected chi connectivity index (χ0v) is 27.0. The van der Waals surface area contributed by atoms with Crippen molar-refractivity contribution < 1.29 is 18.0 Å². The second kappa shape index (κ2) is 13.4. The molecule has 2 atom stereocenters. The minimum atomic E-state index is -3.63. The van der Waals surface area contributed by atoms with Gasteiger partial charge in [-0.3, -0.25) is 14.5 Å². The number of carbonyl (C=O) groups is 2. The Bertz CT molecular complexity index is 1320. The van der Waals surface area contributed by atoms with Crippen LogP contribution in [0.3, 0.4) is 0 Å². The van der Waals surface area contributed by atoms with Crippen LogP contribution in [0.4, 0.5) is 5.00 Å². The third-order valence-corrected chi connectivity index (χ3v) is 11.1. The van der Waals surface area contributed by atoms with E-state index in [0.29, 0.717) is 60.2 Å². The number of rotatable bonds is 10. The second-order valence-electron chi connectivity index (χ2n) is 12.1. The van der Waals surface area contributed by atoms with Crippen molar-refractivity contribution in [3.05, 3.63) is 45.8 Å². The van der Waals surface area contributed by atoms with Gasteiger partial charge in [0.2, 0.25) is 10.0 Å². The number of anilines is 1. The minimum absolute atomic E-state index is 0.0223. The summed E-state index contributed by atoms with van der Waals surface area (Å²) in [5.41, 5.74) is 2.03. The van der Waals surface area contributed by atoms with Gasteiger partial charge in [0, 0.05) is 55.8 Å². The van der Waals surface area contributed by atoms with Crippen LogP contribution < -0.4 is 5.32 Å². The van der Waals surface area contributed by atoms with Gasteiger partial charge in [-0.25, -0.2) is 8.42 Å². The van der Waals surface area contributed by atoms with E-state index in [1.54, 1.807) is 16.4 Å². The molecule has 2 unspecified atom stereocenters. The molecule has 8 nitrogen and oxygen atoms in total. The molecule has 0 bridgehead atoms. The summed E-state index contributed by atoms with van der Waals surface area (Å²) in [6.07, 6.45) is 3.52. The summed E-state index contributed by atoms with van der Waals surface area (Å²) in [6.45, 7) is 16.6. The van der Waals surface area contributed by atoms with E-state index in [0.717, 1.165) is 49.2 Å². The van der Waals surface area contributed by atoms with E-state index in [1.807, 2.05) is 4.90 Å². The van der Waals surface area contributed by atoms with Gasteiger partial charge in [-0.2, -0.15) is 4.31 Å². The first-order chi connectivity index (χ1) is 19.5. The van der Waals surface area contributed by atoms with Crippen LogP contribution in [0, 0.1) is 11.8 Å². The Morgan fingerprint density at radius 1 is 1.05 bits per heavy atom. The summed E-state index contributed by atoms with van der Waals surface area (Å²) in [6, 6.07) is 6.56. The summed E-state index contributed by atoms with van der Waals surface area (Å²) in [4.78, 5) is 32.9. The van der Waals surface area contributed by atoms with Crippen LogP contribution in [0.25, 0.3) is 0 Å². The Morgan fingerprint density at radius 3 is 2.22 bits per heavy atom. The van der Waals surface area contributed by atoms with Crippen molar-refractivity contribution >= 4 is 38.2 Å². The standard InChI is InChI=1S/C31H46N4O4S2/c1-7-14-33(15-8-2)31(37)28-26-13-16-34(21(3)4)20-27(26)40-30(28)32-29(36)24-9-11-25(12-10-24)41(38,39)35-18-22(5)17-23(6)19-35/h9-12,21-23H,7-8,13-20H2,1-6H3,(H,32,36). The molecule has 2 amide bonds. The van der Waals surface area contributed by atoms with Crippen LogP contribution >= 0.6 is 11.3 Å². The fraction of sp³-hybridized carbons (Fsp3) is 0.613. The quantitative estimate of drug-likeness (QED) is 0.377. The van der Waals surface area contributed by atoms with Crippen LogP contribution in [-0.4, -0.2) is 73.1 Å². The number of nitrogens with one attached hydrogen (secondary N) is 1. The molecule has 3 heterocycles. The molecule has 10 heteroatoms. The molecule has 0 saturated carbocycles. The molecule has 1 aromatic heterocycles. The Hall–Kier alpha value is -2.27. The molecule has 0 aliphatic carbocycles. The molecule has 0 spiro atoms. The van der Waals surface area contributed by atoms with Crippen molar-refractivity contribution in [3.63, 3.8) is 0 Å². The Morgan fingerprint density at radius 2 is 1.66 bits per heavy atom. The van der Waals surface area contributed by atoms with Gasteiger partial charge in [-0.1, -0.05) is 27.7 Å². The normalized spacial score (nSPS) is 20.2. The van der Waals surface area contributed by atoms with Crippen LogP contribution in [0.1, 0.15) is 92.0 Å². The largest absolute Gasteiger partial charge is 0.339 e. The first-order valence-corrected chi connectivity index (χ1v) is 17.3. The van der Waals surface area contributed by atoms with Crippen LogP contribution in [0.5, 0.6) is 0 Å². The zero-order chi connectivity index (χ0) is 29.9. The smallest absolute Gasteiger partial charge is 0.257 e. The van der Waals surface area contributed by atoms with Gasteiger partial charge in [-0.15, -0.1) is 11.3 Å². The van der Waals surface area contributed by atoms with Gasteiger partial charge >= 0.3 is 0 Å². The lowest BCUT2D eigenvalue weighted by Crippen LogP contribution is -2.42. The number of hydrogen-bond acceptors (Lipinski definition) is 6. The number of sulfonamides is 1. The molecule has 41 heavy (non-hydrogen) atoms. The SMILES string of the molecule is CCCN(CCC)C(=O)c1c(NC(=O)c2ccc(S(=O)(=O)N3CC(C)CC(C)C3)cc2)sc2c1CCN(C(C)C)C2. The Labute approximate surface area is 250 Å². The van der Waals surface area contributed by atoms with Gasteiger partial charge in [0.1, 0.15) is 5.00 Å². The highest BCUT2D eigenvalue weighted by Crippen LogP contribution is 2.39. The lowest BCUT2D eigenvalue weighted by Gasteiger charge is -2.34. The molecule has 2 aromatic rings. The maximum Gasteiger partial charge on any atom is 0.257 e. The lowest BCUT2D eigenvalue weighted by molar-refractivity contribution is 0.0755. The lowest BCUT2D eigenvalue weighted by atomic mass is 9.94. The molecule has 1 saturated heterocycles. The zero-order valence-electron chi connectivity index (χ0n) is 25.4. The third-order valence-electron chi connectivity index (χ3n) is 8.12. The van der Waals surface area contributed by atoms with Gasteiger partial charge in [-0.05, 0) is 81.2 Å². The minimum Gasteiger partial charge on any atom is -0.339 e. The van der Waals surface area contributed by atoms with Crippen molar-refractivity contribution in [2.75, 3.05) is 38.0 Å². The van der Waals surface area contributed by atoms with Gasteiger partial charge < -0.3 is 10.2 Å². The molecule has 1 fully saturated rings. The van der Waals surface area contributed by atoms with Gasteiger partial charge in [0.25, 0.3) is 11.8 Å². The maximum atomic E-state index is 13.9. The molecular weight excluding hydrogens is 556 g/mol. The monoisotopic (exact) mass is 602 g/mol. The van der Waals surface area contributed by atoms with Crippen molar-refractivity contribution in [3.8, 4) is 0 Å². The second-order valence-corrected chi connectivity index (χ2v) is 15.1. The van der Waals surface area contributed by atoms with Crippen LogP contribution in [0.2, 0.25) is 0 Å². The molecule has 2 aliphatic rings. The topological polar surface area (TPSA) is 90.0 Å². The molecule has 4 rings (SSSR count). The molecule has 226 valence electrons. The number of fused-ring (bicyclic) bond motifs is 1. The summed E-state index contributed by atoms with van der Waals surface area (Å²) in [7, 11) is -3.63. The van der Waals surface area contributed by atoms with Gasteiger partial charge in [0.05, 0.1) is 10.5 Å². The van der Waals surface area contributed by atoms with E-state index in [4.69, 9.17) is 0 Å². The molecular formula is C31H46N4O4S2. The van der Waals surface area contributed by atoms with Crippen molar-refractivity contribution in [1.82, 2.24) is 14.1 Å². The molecule has 1 aromatic carbocycles. The summed E-state index contributed by atoms with van der Waals surface area (Å²) in [5.74, 6) is 0.251. The summed E-state index contributed by atoms with van der Waals surface area (Å²) >= 11 is 1.49. The van der Waals surface area contributed by atoms with E-state index < -0.39 is 10.0 Å². The summed E-state index contributed by atoms with van der Waals surface area (Å²) in [5, 5.41) is 3.62. The number of carbonyl (C=O) groups excluding carboxylic acids is 2. The first kappa shape index (κ1) is 31.7. The van der Waals surface area contributed by atoms with E-state index in [-0.39, 0.29) is 16.7 Å². The van der Waals surface area contributed by atoms with Crippen LogP contribution in [0.15, 0.2) is 29.2 Å². The Kier molecular flexibility index (Phi) is 10.3. The number of piperidine rings is 1. The van der Waals surface area contributed by atoms with Gasteiger partial charge in [0.15, 0.2) is 0 Å². The fourth-order valence-electron chi connectivity index (χ4n) is 6.10. The number of nitrogens with zero attached hydrogens (tertiary/aromatic N) is 3. The summed E-state index contributed by atoms with van der Waals surface area (Å²) < 4.78 is 28.2. The number of amides is 2. The van der Waals surface area contributed by atoms with Crippen molar-refractivity contribution in [1.29, 1.82) is 0 Å². The fourth-order valence-corrected chi connectivity index (χ4v) is 9.04. The highest BCUT2D eigenvalue weighted by atomic mass is 32.2. The van der Waals surface area contributed by atoms with E-state index >= 15 is 0 Å². The number of benzene rings is 1. The molecule has 2 aliphatic heterocycles. The molecule has 1 N–H and O–H groups in total. The maximum absolute atomic E-state index is 13.9. The number of thiophene rings is 1. The van der Waals surface area contributed by atoms with Crippen molar-refractivity contribution in [2.45, 2.75) is 84.7 Å². The average molecular weight is 603 g/mol. The predicted octanol–water partition coefficient (Wildman–Crippen LogP) is 5.70. The predicted molar refractivity (Wildman–Crippen MR) is 166 cm³/mol. The highest BCUT2D eigenvalue weighted by Gasteiger charge is 2.33. The first-order valence-electron chi connectivity index (χ1n) is 15.1. The van der Waals surface area contributed by atoms with Crippen LogP contribution in [-0.2, 0) is 23.0 Å². The number of hydrogen-bond donors (Lipinski definition) is 1. The highest BCUT2D eigenvalue weighted by molar-refractivity contribution is 7.89. The average Bonchev–Trinajstić information content (AvgIpc) is 3.28.